The summed E-state index contributed by atoms with van der Waals surface area (Å²) in [6, 6.07) is 9.63. The van der Waals surface area contributed by atoms with Gasteiger partial charge in [-0.2, -0.15) is 0 Å². The number of hydrogen-bond acceptors (Lipinski definition) is 4. The fraction of sp³-hybridized carbons (Fsp3) is 0.391. The summed E-state index contributed by atoms with van der Waals surface area (Å²) in [5.41, 5.74) is 4.10. The topological polar surface area (TPSA) is 75.2 Å². The number of rotatable bonds is 6. The lowest BCUT2D eigenvalue weighted by atomic mass is 9.99. The molecule has 2 aromatic rings. The molecule has 3 rings (SSSR count). The number of fused-ring (bicyclic) bond motifs is 1. The van der Waals surface area contributed by atoms with Gasteiger partial charge in [-0.05, 0) is 54.3 Å². The molecule has 31 heavy (non-hydrogen) atoms. The van der Waals surface area contributed by atoms with Crippen molar-refractivity contribution in [1.82, 2.24) is 10.2 Å². The molecule has 0 bridgehead atoms. The first-order valence-electron chi connectivity index (χ1n) is 10.2. The number of aliphatic imine (C=N–C) groups is 1. The minimum atomic E-state index is -0.102. The van der Waals surface area contributed by atoms with Gasteiger partial charge in [-0.15, -0.1) is 0 Å². The molecule has 2 aromatic carbocycles. The Morgan fingerprint density at radius 3 is 2.52 bits per heavy atom. The van der Waals surface area contributed by atoms with Gasteiger partial charge in [-0.25, -0.2) is 0 Å². The number of anilines is 1. The van der Waals surface area contributed by atoms with E-state index < -0.39 is 0 Å². The standard InChI is InChI=1S/C23H29ClN4O3/c1-15-5-6-19(18(24)11-15)27-22(29)7-9-26-23(25-2)28-10-8-16-12-20(30-3)21(31-4)13-17(16)14-28/h5-6,11-13H,7-10,14H2,1-4H3,(H,25,26)(H,27,29). The van der Waals surface area contributed by atoms with Gasteiger partial charge in [0.25, 0.3) is 0 Å². The van der Waals surface area contributed by atoms with E-state index in [-0.39, 0.29) is 5.91 Å². The van der Waals surface area contributed by atoms with Gasteiger partial charge in [0.1, 0.15) is 0 Å². The van der Waals surface area contributed by atoms with Crippen molar-refractivity contribution in [2.75, 3.05) is 39.7 Å². The van der Waals surface area contributed by atoms with Crippen LogP contribution in [0.5, 0.6) is 11.5 Å². The summed E-state index contributed by atoms with van der Waals surface area (Å²) in [5, 5.41) is 6.68. The van der Waals surface area contributed by atoms with E-state index in [4.69, 9.17) is 21.1 Å². The molecule has 0 spiro atoms. The lowest BCUT2D eigenvalue weighted by Gasteiger charge is -2.32. The normalized spacial score (nSPS) is 13.5. The van der Waals surface area contributed by atoms with E-state index >= 15 is 0 Å². The lowest BCUT2D eigenvalue weighted by molar-refractivity contribution is -0.116. The van der Waals surface area contributed by atoms with E-state index in [0.717, 1.165) is 36.0 Å². The number of guanidine groups is 1. The molecule has 1 heterocycles. The Morgan fingerprint density at radius 2 is 1.87 bits per heavy atom. The summed E-state index contributed by atoms with van der Waals surface area (Å²) in [7, 11) is 5.03. The number of amides is 1. The largest absolute Gasteiger partial charge is 0.493 e. The highest BCUT2D eigenvalue weighted by atomic mass is 35.5. The van der Waals surface area contributed by atoms with Crippen molar-refractivity contribution < 1.29 is 14.3 Å². The van der Waals surface area contributed by atoms with Gasteiger partial charge >= 0.3 is 0 Å². The van der Waals surface area contributed by atoms with Crippen molar-refractivity contribution in [2.45, 2.75) is 26.3 Å². The maximum atomic E-state index is 12.3. The zero-order valence-electron chi connectivity index (χ0n) is 18.4. The number of nitrogens with one attached hydrogen (secondary N) is 2. The van der Waals surface area contributed by atoms with Crippen LogP contribution < -0.4 is 20.1 Å². The monoisotopic (exact) mass is 444 g/mol. The molecule has 1 aliphatic rings. The predicted molar refractivity (Wildman–Crippen MR) is 124 cm³/mol. The van der Waals surface area contributed by atoms with Crippen molar-refractivity contribution in [1.29, 1.82) is 0 Å². The summed E-state index contributed by atoms with van der Waals surface area (Å²) in [6.45, 7) is 3.96. The Morgan fingerprint density at radius 1 is 1.16 bits per heavy atom. The van der Waals surface area contributed by atoms with Crippen LogP contribution in [0.25, 0.3) is 0 Å². The highest BCUT2D eigenvalue weighted by Crippen LogP contribution is 2.33. The molecule has 0 radical (unpaired) electrons. The number of carbonyl (C=O) groups excluding carboxylic acids is 1. The van der Waals surface area contributed by atoms with Crippen molar-refractivity contribution >= 4 is 29.2 Å². The molecule has 0 saturated carbocycles. The molecule has 1 aliphatic heterocycles. The van der Waals surface area contributed by atoms with Crippen LogP contribution in [0.4, 0.5) is 5.69 Å². The minimum absolute atomic E-state index is 0.102. The number of ether oxygens (including phenoxy) is 2. The SMILES string of the molecule is CN=C(NCCC(=O)Nc1ccc(C)cc1Cl)N1CCc2cc(OC)c(OC)cc2C1. The van der Waals surface area contributed by atoms with Crippen LogP contribution in [-0.2, 0) is 17.8 Å². The highest BCUT2D eigenvalue weighted by molar-refractivity contribution is 6.33. The van der Waals surface area contributed by atoms with Crippen molar-refractivity contribution in [3.63, 3.8) is 0 Å². The second-order valence-corrected chi connectivity index (χ2v) is 7.81. The molecule has 0 aromatic heterocycles. The van der Waals surface area contributed by atoms with Crippen LogP contribution in [0, 0.1) is 6.92 Å². The number of benzene rings is 2. The lowest BCUT2D eigenvalue weighted by Crippen LogP contribution is -2.44. The second kappa shape index (κ2) is 10.4. The molecule has 0 aliphatic carbocycles. The van der Waals surface area contributed by atoms with E-state index in [9.17, 15) is 4.79 Å². The average Bonchev–Trinajstić information content (AvgIpc) is 2.77. The van der Waals surface area contributed by atoms with E-state index in [0.29, 0.717) is 30.2 Å². The van der Waals surface area contributed by atoms with Crippen LogP contribution >= 0.6 is 11.6 Å². The third-order valence-corrected chi connectivity index (χ3v) is 5.58. The van der Waals surface area contributed by atoms with Crippen molar-refractivity contribution in [3.05, 3.63) is 52.0 Å². The van der Waals surface area contributed by atoms with Gasteiger partial charge in [-0.3, -0.25) is 9.79 Å². The molecule has 2 N–H and O–H groups in total. The molecular weight excluding hydrogens is 416 g/mol. The number of hydrogen-bond donors (Lipinski definition) is 2. The molecule has 0 unspecified atom stereocenters. The first-order valence-corrected chi connectivity index (χ1v) is 10.6. The van der Waals surface area contributed by atoms with Crippen LogP contribution in [0.1, 0.15) is 23.1 Å². The third-order valence-electron chi connectivity index (χ3n) is 5.26. The fourth-order valence-electron chi connectivity index (χ4n) is 3.62. The third kappa shape index (κ3) is 5.61. The summed E-state index contributed by atoms with van der Waals surface area (Å²) in [5.74, 6) is 2.13. The van der Waals surface area contributed by atoms with Gasteiger partial charge in [-0.1, -0.05) is 17.7 Å². The Hall–Kier alpha value is -2.93. The highest BCUT2D eigenvalue weighted by Gasteiger charge is 2.21. The average molecular weight is 445 g/mol. The fourth-order valence-corrected chi connectivity index (χ4v) is 3.90. The Balaban J connectivity index is 1.55. The van der Waals surface area contributed by atoms with Gasteiger partial charge in [0.15, 0.2) is 17.5 Å². The molecule has 166 valence electrons. The number of nitrogens with zero attached hydrogens (tertiary/aromatic N) is 2. The van der Waals surface area contributed by atoms with E-state index in [2.05, 4.69) is 20.5 Å². The van der Waals surface area contributed by atoms with Crippen LogP contribution in [0.15, 0.2) is 35.3 Å². The van der Waals surface area contributed by atoms with Crippen LogP contribution in [-0.4, -0.2) is 51.1 Å². The summed E-state index contributed by atoms with van der Waals surface area (Å²) in [4.78, 5) is 18.9. The first kappa shape index (κ1) is 22.7. The van der Waals surface area contributed by atoms with Gasteiger partial charge in [0, 0.05) is 33.1 Å². The smallest absolute Gasteiger partial charge is 0.226 e. The van der Waals surface area contributed by atoms with E-state index in [1.54, 1.807) is 21.3 Å². The number of halogens is 1. The van der Waals surface area contributed by atoms with Gasteiger partial charge in [0.05, 0.1) is 24.9 Å². The molecule has 0 fully saturated rings. The van der Waals surface area contributed by atoms with E-state index in [1.807, 2.05) is 37.3 Å². The Labute approximate surface area is 188 Å². The molecule has 8 heteroatoms. The van der Waals surface area contributed by atoms with Gasteiger partial charge < -0.3 is 25.0 Å². The molecule has 0 atom stereocenters. The maximum absolute atomic E-state index is 12.3. The molecule has 0 saturated heterocycles. The molecule has 7 nitrogen and oxygen atoms in total. The zero-order valence-corrected chi connectivity index (χ0v) is 19.2. The zero-order chi connectivity index (χ0) is 22.4. The van der Waals surface area contributed by atoms with Crippen LogP contribution in [0.2, 0.25) is 5.02 Å². The molecule has 1 amide bonds. The van der Waals surface area contributed by atoms with E-state index in [1.165, 1.54) is 11.1 Å². The maximum Gasteiger partial charge on any atom is 0.226 e. The summed E-state index contributed by atoms with van der Waals surface area (Å²) in [6.07, 6.45) is 1.18. The number of carbonyl (C=O) groups is 1. The first-order chi connectivity index (χ1) is 14.9. The van der Waals surface area contributed by atoms with Gasteiger partial charge in [0.2, 0.25) is 5.91 Å². The summed E-state index contributed by atoms with van der Waals surface area (Å²) >= 11 is 6.19. The Bertz CT molecular complexity index is 978. The quantitative estimate of drug-likeness (QED) is 0.525. The molecular formula is C23H29ClN4O3. The second-order valence-electron chi connectivity index (χ2n) is 7.40. The predicted octanol–water partition coefficient (Wildman–Crippen LogP) is 3.63. The number of aryl methyl sites for hydroxylation is 1. The van der Waals surface area contributed by atoms with Crippen LogP contribution in [0.3, 0.4) is 0 Å². The van der Waals surface area contributed by atoms with Crippen molar-refractivity contribution in [3.8, 4) is 11.5 Å². The Kier molecular flexibility index (Phi) is 7.63. The number of methoxy groups -OCH3 is 2. The van der Waals surface area contributed by atoms with Crippen molar-refractivity contribution in [2.24, 2.45) is 4.99 Å². The minimum Gasteiger partial charge on any atom is -0.493 e. The summed E-state index contributed by atoms with van der Waals surface area (Å²) < 4.78 is 10.8.